The summed E-state index contributed by atoms with van der Waals surface area (Å²) in [5.74, 6) is -4.46. The van der Waals surface area contributed by atoms with Crippen LogP contribution in [0.25, 0.3) is 11.3 Å². The van der Waals surface area contributed by atoms with Crippen molar-refractivity contribution in [3.05, 3.63) is 64.1 Å². The van der Waals surface area contributed by atoms with E-state index in [4.69, 9.17) is 16.6 Å². The van der Waals surface area contributed by atoms with E-state index in [1.54, 1.807) is 30.3 Å². The number of nitrogens with one attached hydrogen (secondary N) is 3. The van der Waals surface area contributed by atoms with Crippen LogP contribution >= 0.6 is 0 Å². The molecule has 2 heterocycles. The number of amides is 2. The van der Waals surface area contributed by atoms with Crippen LogP contribution in [0.15, 0.2) is 47.3 Å². The zero-order valence-corrected chi connectivity index (χ0v) is 19.2. The van der Waals surface area contributed by atoms with Crippen molar-refractivity contribution in [2.24, 2.45) is 0 Å². The first-order chi connectivity index (χ1) is 17.5. The Morgan fingerprint density at radius 3 is 2.32 bits per heavy atom. The van der Waals surface area contributed by atoms with Crippen molar-refractivity contribution in [3.8, 4) is 11.3 Å². The summed E-state index contributed by atoms with van der Waals surface area (Å²) in [4.78, 5) is 70.1. The smallest absolute Gasteiger partial charge is 0.326 e. The van der Waals surface area contributed by atoms with Gasteiger partial charge in [-0.15, -0.1) is 0 Å². The maximum atomic E-state index is 12.7. The first kappa shape index (κ1) is 26.3. The molecule has 2 aromatic heterocycles. The second kappa shape index (κ2) is 11.4. The Morgan fingerprint density at radius 2 is 1.70 bits per heavy atom. The summed E-state index contributed by atoms with van der Waals surface area (Å²) in [7, 11) is 0. The highest BCUT2D eigenvalue weighted by molar-refractivity contribution is 5.99. The fourth-order valence-corrected chi connectivity index (χ4v) is 3.32. The zero-order chi connectivity index (χ0) is 27.1. The number of anilines is 3. The lowest BCUT2D eigenvalue weighted by Gasteiger charge is -2.15. The van der Waals surface area contributed by atoms with Crippen molar-refractivity contribution in [2.75, 3.05) is 16.8 Å². The first-order valence-corrected chi connectivity index (χ1v) is 10.8. The Morgan fingerprint density at radius 1 is 1.00 bits per heavy atom. The summed E-state index contributed by atoms with van der Waals surface area (Å²) in [5.41, 5.74) is 11.2. The largest absolute Gasteiger partial charge is 0.481 e. The van der Waals surface area contributed by atoms with Crippen LogP contribution in [-0.2, 0) is 20.8 Å². The van der Waals surface area contributed by atoms with Crippen LogP contribution in [0, 0.1) is 0 Å². The molecular formula is C23H23N7O7. The quantitative estimate of drug-likeness (QED) is 0.195. The number of aromatic amines is 1. The summed E-state index contributed by atoms with van der Waals surface area (Å²) in [6.45, 7) is 0. The Bertz CT molecular complexity index is 1410. The van der Waals surface area contributed by atoms with E-state index in [1.165, 1.54) is 12.1 Å². The van der Waals surface area contributed by atoms with Gasteiger partial charge in [-0.05, 0) is 18.6 Å². The third kappa shape index (κ3) is 6.88. The van der Waals surface area contributed by atoms with Crippen LogP contribution in [0.1, 0.15) is 28.9 Å². The van der Waals surface area contributed by atoms with Crippen LogP contribution in [0.4, 0.5) is 17.5 Å². The molecule has 3 aromatic rings. The zero-order valence-electron chi connectivity index (χ0n) is 19.2. The van der Waals surface area contributed by atoms with Crippen molar-refractivity contribution in [1.29, 1.82) is 0 Å². The predicted octanol–water partition coefficient (Wildman–Crippen LogP) is 0.225. The van der Waals surface area contributed by atoms with Gasteiger partial charge in [0.15, 0.2) is 0 Å². The molecule has 14 nitrogen and oxygen atoms in total. The molecule has 0 aliphatic rings. The Labute approximate surface area is 208 Å². The number of carboxylic acids is 2. The first-order valence-electron chi connectivity index (χ1n) is 10.8. The van der Waals surface area contributed by atoms with Crippen molar-refractivity contribution < 1.29 is 29.4 Å². The molecule has 0 spiro atoms. The number of rotatable bonds is 10. The number of nitrogens with two attached hydrogens (primary N) is 2. The van der Waals surface area contributed by atoms with Gasteiger partial charge in [0, 0.05) is 12.0 Å². The number of carbonyl (C=O) groups is 4. The number of aromatic nitrogens is 3. The molecule has 3 rings (SSSR count). The minimum atomic E-state index is -1.44. The molecule has 37 heavy (non-hydrogen) atoms. The molecule has 1 aromatic carbocycles. The molecule has 1 unspecified atom stereocenters. The maximum absolute atomic E-state index is 12.7. The van der Waals surface area contributed by atoms with Crippen LogP contribution < -0.4 is 27.7 Å². The summed E-state index contributed by atoms with van der Waals surface area (Å²) < 4.78 is 0. The number of benzene rings is 1. The van der Waals surface area contributed by atoms with Gasteiger partial charge in [-0.1, -0.05) is 30.3 Å². The molecule has 1 atom stereocenters. The average Bonchev–Trinajstić information content (AvgIpc) is 2.84. The van der Waals surface area contributed by atoms with Crippen LogP contribution in [0.2, 0.25) is 0 Å². The number of nitrogens with zero attached hydrogens (tertiary/aromatic N) is 2. The number of pyridine rings is 1. The Balaban J connectivity index is 1.88. The fraction of sp³-hybridized carbons (Fsp3) is 0.174. The molecule has 0 aliphatic heterocycles. The number of carbonyl (C=O) groups excluding carboxylic acids is 2. The van der Waals surface area contributed by atoms with E-state index in [0.29, 0.717) is 5.56 Å². The third-order valence-electron chi connectivity index (χ3n) is 5.10. The van der Waals surface area contributed by atoms with Gasteiger partial charge in [0.1, 0.15) is 17.6 Å². The van der Waals surface area contributed by atoms with E-state index in [0.717, 1.165) is 0 Å². The molecular weight excluding hydrogens is 486 g/mol. The minimum absolute atomic E-state index is 0.0852. The summed E-state index contributed by atoms with van der Waals surface area (Å²) in [5, 5.41) is 23.0. The number of hydrogen-bond acceptors (Lipinski definition) is 9. The van der Waals surface area contributed by atoms with E-state index in [2.05, 4.69) is 25.6 Å². The summed E-state index contributed by atoms with van der Waals surface area (Å²) in [6, 6.07) is 9.75. The number of aliphatic carboxylic acids is 2. The second-order valence-electron chi connectivity index (χ2n) is 7.80. The van der Waals surface area contributed by atoms with Gasteiger partial charge in [0.2, 0.25) is 11.9 Å². The van der Waals surface area contributed by atoms with Gasteiger partial charge in [-0.25, -0.2) is 9.78 Å². The molecule has 0 saturated carbocycles. The third-order valence-corrected chi connectivity index (χ3v) is 5.10. The van der Waals surface area contributed by atoms with Crippen molar-refractivity contribution in [1.82, 2.24) is 20.3 Å². The van der Waals surface area contributed by atoms with Crippen molar-refractivity contribution in [2.45, 2.75) is 25.3 Å². The standard InChI is InChI=1S/C23H23N7O7/c24-19-12(20(34)30-23(25)29-19)10-16(31)26-13-6-7-14(27-18(13)11-4-2-1-3-5-11)21(35)28-15(22(36)37)8-9-17(32)33/h1-7,15H,8-10H2,(H,26,31)(H,28,35)(H,32,33)(H,36,37)(H5,24,25,29,30,34). The van der Waals surface area contributed by atoms with E-state index in [-0.39, 0.29) is 40.8 Å². The van der Waals surface area contributed by atoms with Gasteiger partial charge < -0.3 is 32.3 Å². The van der Waals surface area contributed by atoms with Crippen LogP contribution in [0.3, 0.4) is 0 Å². The highest BCUT2D eigenvalue weighted by Crippen LogP contribution is 2.26. The highest BCUT2D eigenvalue weighted by atomic mass is 16.4. The van der Waals surface area contributed by atoms with Crippen molar-refractivity contribution in [3.63, 3.8) is 0 Å². The Kier molecular flexibility index (Phi) is 8.14. The average molecular weight is 509 g/mol. The van der Waals surface area contributed by atoms with Gasteiger partial charge in [0.25, 0.3) is 11.5 Å². The summed E-state index contributed by atoms with van der Waals surface area (Å²) in [6.07, 6.45) is -1.20. The molecule has 9 N–H and O–H groups in total. The highest BCUT2D eigenvalue weighted by Gasteiger charge is 2.23. The van der Waals surface area contributed by atoms with Gasteiger partial charge in [0.05, 0.1) is 23.4 Å². The lowest BCUT2D eigenvalue weighted by Crippen LogP contribution is -2.41. The van der Waals surface area contributed by atoms with Crippen LogP contribution in [-0.4, -0.2) is 55.0 Å². The molecule has 192 valence electrons. The maximum Gasteiger partial charge on any atom is 0.326 e. The van der Waals surface area contributed by atoms with Crippen LogP contribution in [0.5, 0.6) is 0 Å². The van der Waals surface area contributed by atoms with Gasteiger partial charge >= 0.3 is 11.9 Å². The van der Waals surface area contributed by atoms with E-state index in [9.17, 15) is 29.1 Å². The molecule has 2 amide bonds. The minimum Gasteiger partial charge on any atom is -0.481 e. The molecule has 0 fully saturated rings. The SMILES string of the molecule is Nc1nc(N)c(CC(=O)Nc2ccc(C(=O)NC(CCC(=O)O)C(=O)O)nc2-c2ccccc2)c(=O)[nH]1. The summed E-state index contributed by atoms with van der Waals surface area (Å²) >= 11 is 0. The van der Waals surface area contributed by atoms with Crippen molar-refractivity contribution >= 4 is 41.2 Å². The number of hydrogen-bond donors (Lipinski definition) is 7. The molecule has 0 bridgehead atoms. The topological polar surface area (TPSA) is 243 Å². The normalized spacial score (nSPS) is 11.4. The van der Waals surface area contributed by atoms with Gasteiger partial charge in [-0.3, -0.25) is 24.2 Å². The lowest BCUT2D eigenvalue weighted by molar-refractivity contribution is -0.140. The van der Waals surface area contributed by atoms with Gasteiger partial charge in [-0.2, -0.15) is 4.98 Å². The molecule has 0 saturated heterocycles. The number of carboxylic acid groups (broad SMARTS) is 2. The van der Waals surface area contributed by atoms with E-state index >= 15 is 0 Å². The molecule has 0 aliphatic carbocycles. The fourth-order valence-electron chi connectivity index (χ4n) is 3.32. The number of nitrogen functional groups attached to an aromatic ring is 2. The predicted molar refractivity (Wildman–Crippen MR) is 131 cm³/mol. The molecule has 0 radical (unpaired) electrons. The van der Waals surface area contributed by atoms with E-state index < -0.39 is 48.2 Å². The Hall–Kier alpha value is -5.27. The monoisotopic (exact) mass is 509 g/mol. The van der Waals surface area contributed by atoms with E-state index in [1.807, 2.05) is 0 Å². The second-order valence-corrected chi connectivity index (χ2v) is 7.80. The molecule has 14 heteroatoms. The number of H-pyrrole nitrogens is 1. The lowest BCUT2D eigenvalue weighted by atomic mass is 10.1.